The van der Waals surface area contributed by atoms with Gasteiger partial charge in [-0.1, -0.05) is 29.4 Å². The van der Waals surface area contributed by atoms with E-state index in [2.05, 4.69) is 11.2 Å². The van der Waals surface area contributed by atoms with Crippen molar-refractivity contribution in [2.75, 3.05) is 5.73 Å². The van der Waals surface area contributed by atoms with E-state index in [4.69, 9.17) is 15.8 Å². The van der Waals surface area contributed by atoms with Gasteiger partial charge in [-0.2, -0.15) is 5.26 Å². The van der Waals surface area contributed by atoms with E-state index in [0.717, 1.165) is 28.9 Å². The smallest absolute Gasteiger partial charge is 0.158 e. The van der Waals surface area contributed by atoms with Gasteiger partial charge in [-0.25, -0.2) is 0 Å². The fraction of sp³-hybridized carbons (Fsp3) is 0.125. The summed E-state index contributed by atoms with van der Waals surface area (Å²) in [5, 5.41) is 12.9. The molecule has 0 aromatic heterocycles. The summed E-state index contributed by atoms with van der Waals surface area (Å²) in [6.07, 6.45) is 0.650. The van der Waals surface area contributed by atoms with E-state index in [1.165, 1.54) is 0 Å². The van der Waals surface area contributed by atoms with Crippen molar-refractivity contribution in [2.45, 2.75) is 12.5 Å². The Kier molecular flexibility index (Phi) is 3.10. The molecule has 4 nitrogen and oxygen atoms in total. The molecule has 20 heavy (non-hydrogen) atoms. The van der Waals surface area contributed by atoms with Gasteiger partial charge in [-0.3, -0.25) is 0 Å². The van der Waals surface area contributed by atoms with Gasteiger partial charge in [0, 0.05) is 12.1 Å². The third-order valence-corrected chi connectivity index (χ3v) is 3.32. The molecule has 2 aromatic carbocycles. The second-order valence-electron chi connectivity index (χ2n) is 4.69. The fourth-order valence-corrected chi connectivity index (χ4v) is 2.17. The molecule has 3 rings (SSSR count). The minimum atomic E-state index is -0.0683. The highest BCUT2D eigenvalue weighted by Gasteiger charge is 2.23. The SMILES string of the molecule is N#Cc1ccc(C2=NOC(c3ccc(N)cc3)C2)cc1. The number of oxime groups is 1. The van der Waals surface area contributed by atoms with E-state index >= 15 is 0 Å². The number of nitrogens with two attached hydrogens (primary N) is 1. The lowest BCUT2D eigenvalue weighted by Crippen LogP contribution is -2.01. The van der Waals surface area contributed by atoms with Gasteiger partial charge in [-0.05, 0) is 35.4 Å². The van der Waals surface area contributed by atoms with E-state index in [0.29, 0.717) is 5.56 Å². The predicted molar refractivity (Wildman–Crippen MR) is 77.0 cm³/mol. The van der Waals surface area contributed by atoms with Gasteiger partial charge in [-0.15, -0.1) is 0 Å². The molecule has 4 heteroatoms. The van der Waals surface area contributed by atoms with E-state index < -0.39 is 0 Å². The number of hydrogen-bond acceptors (Lipinski definition) is 4. The van der Waals surface area contributed by atoms with Crippen LogP contribution in [0.1, 0.15) is 29.2 Å². The van der Waals surface area contributed by atoms with Crippen LogP contribution in [-0.2, 0) is 4.84 Å². The summed E-state index contributed by atoms with van der Waals surface area (Å²) in [5.41, 5.74) is 10.0. The Hall–Kier alpha value is -2.80. The fourth-order valence-electron chi connectivity index (χ4n) is 2.17. The zero-order valence-electron chi connectivity index (χ0n) is 10.8. The molecule has 1 heterocycles. The monoisotopic (exact) mass is 263 g/mol. The Morgan fingerprint density at radius 3 is 2.45 bits per heavy atom. The van der Waals surface area contributed by atoms with Crippen molar-refractivity contribution in [3.8, 4) is 6.07 Å². The van der Waals surface area contributed by atoms with Crippen molar-refractivity contribution in [2.24, 2.45) is 5.16 Å². The van der Waals surface area contributed by atoms with Crippen molar-refractivity contribution in [1.82, 2.24) is 0 Å². The molecular weight excluding hydrogens is 250 g/mol. The maximum atomic E-state index is 8.79. The molecule has 2 aromatic rings. The van der Waals surface area contributed by atoms with Crippen LogP contribution in [0.2, 0.25) is 0 Å². The molecule has 1 atom stereocenters. The zero-order chi connectivity index (χ0) is 13.9. The molecule has 1 aliphatic rings. The van der Waals surface area contributed by atoms with Crippen LogP contribution < -0.4 is 5.73 Å². The first-order valence-electron chi connectivity index (χ1n) is 6.35. The van der Waals surface area contributed by atoms with Gasteiger partial charge in [0.05, 0.1) is 17.3 Å². The highest BCUT2D eigenvalue weighted by Crippen LogP contribution is 2.29. The highest BCUT2D eigenvalue weighted by molar-refractivity contribution is 6.01. The van der Waals surface area contributed by atoms with Gasteiger partial charge < -0.3 is 10.6 Å². The number of nitrogen functional groups attached to an aromatic ring is 1. The minimum absolute atomic E-state index is 0.0683. The van der Waals surface area contributed by atoms with Crippen molar-refractivity contribution < 1.29 is 4.84 Å². The summed E-state index contributed by atoms with van der Waals surface area (Å²) in [5.74, 6) is 0. The summed E-state index contributed by atoms with van der Waals surface area (Å²) in [6.45, 7) is 0. The maximum Gasteiger partial charge on any atom is 0.158 e. The molecule has 1 aliphatic heterocycles. The van der Waals surface area contributed by atoms with Crippen LogP contribution >= 0.6 is 0 Å². The quantitative estimate of drug-likeness (QED) is 0.846. The third-order valence-electron chi connectivity index (χ3n) is 3.32. The largest absolute Gasteiger partial charge is 0.399 e. The van der Waals surface area contributed by atoms with Gasteiger partial charge in [0.2, 0.25) is 0 Å². The lowest BCUT2D eigenvalue weighted by molar-refractivity contribution is 0.0857. The number of hydrogen-bond donors (Lipinski definition) is 1. The van der Waals surface area contributed by atoms with E-state index in [-0.39, 0.29) is 6.10 Å². The number of rotatable bonds is 2. The molecule has 0 spiro atoms. The van der Waals surface area contributed by atoms with E-state index in [9.17, 15) is 0 Å². The van der Waals surface area contributed by atoms with Gasteiger partial charge in [0.15, 0.2) is 6.10 Å². The number of nitrogens with zero attached hydrogens (tertiary/aromatic N) is 2. The van der Waals surface area contributed by atoms with Crippen LogP contribution in [-0.4, -0.2) is 5.71 Å². The first kappa shape index (κ1) is 12.2. The molecule has 98 valence electrons. The van der Waals surface area contributed by atoms with E-state index in [1.807, 2.05) is 36.4 Å². The van der Waals surface area contributed by atoms with Gasteiger partial charge in [0.1, 0.15) is 0 Å². The van der Waals surface area contributed by atoms with Crippen LogP contribution in [0.4, 0.5) is 5.69 Å². The first-order chi connectivity index (χ1) is 9.76. The Labute approximate surface area is 117 Å². The normalized spacial score (nSPS) is 17.1. The molecule has 2 N–H and O–H groups in total. The Balaban J connectivity index is 1.75. The average molecular weight is 263 g/mol. The van der Waals surface area contributed by atoms with Crippen molar-refractivity contribution in [3.05, 3.63) is 65.2 Å². The maximum absolute atomic E-state index is 8.79. The standard InChI is InChI=1S/C16H13N3O/c17-10-11-1-3-12(4-2-11)15-9-16(20-19-15)13-5-7-14(18)8-6-13/h1-8,16H,9,18H2. The summed E-state index contributed by atoms with van der Waals surface area (Å²) >= 11 is 0. The number of benzene rings is 2. The molecule has 0 saturated heterocycles. The first-order valence-corrected chi connectivity index (χ1v) is 6.35. The van der Waals surface area contributed by atoms with Crippen LogP contribution in [0.25, 0.3) is 0 Å². The summed E-state index contributed by atoms with van der Waals surface area (Å²) in [4.78, 5) is 5.48. The van der Waals surface area contributed by atoms with Crippen LogP contribution in [0, 0.1) is 11.3 Å². The second-order valence-corrected chi connectivity index (χ2v) is 4.69. The molecule has 0 fully saturated rings. The average Bonchev–Trinajstić information content (AvgIpc) is 2.98. The second kappa shape index (κ2) is 5.06. The van der Waals surface area contributed by atoms with E-state index in [1.54, 1.807) is 12.1 Å². The molecule has 0 bridgehead atoms. The Morgan fingerprint density at radius 1 is 1.10 bits per heavy atom. The van der Waals surface area contributed by atoms with Crippen molar-refractivity contribution in [3.63, 3.8) is 0 Å². The van der Waals surface area contributed by atoms with Crippen LogP contribution in [0.5, 0.6) is 0 Å². The molecule has 0 radical (unpaired) electrons. The van der Waals surface area contributed by atoms with Crippen molar-refractivity contribution >= 4 is 11.4 Å². The zero-order valence-corrected chi connectivity index (χ0v) is 10.8. The number of nitriles is 1. The summed E-state index contributed by atoms with van der Waals surface area (Å²) < 4.78 is 0. The molecular formula is C16H13N3O. The van der Waals surface area contributed by atoms with Crippen LogP contribution in [0.15, 0.2) is 53.7 Å². The molecule has 0 amide bonds. The lowest BCUT2D eigenvalue weighted by Gasteiger charge is -2.08. The third kappa shape index (κ3) is 2.34. The van der Waals surface area contributed by atoms with Crippen molar-refractivity contribution in [1.29, 1.82) is 5.26 Å². The summed E-state index contributed by atoms with van der Waals surface area (Å²) in [6, 6.07) is 17.1. The lowest BCUT2D eigenvalue weighted by atomic mass is 9.99. The Morgan fingerprint density at radius 2 is 1.80 bits per heavy atom. The minimum Gasteiger partial charge on any atom is -0.399 e. The van der Waals surface area contributed by atoms with Crippen LogP contribution in [0.3, 0.4) is 0 Å². The molecule has 1 unspecified atom stereocenters. The highest BCUT2D eigenvalue weighted by atomic mass is 16.6. The van der Waals surface area contributed by atoms with Gasteiger partial charge >= 0.3 is 0 Å². The predicted octanol–water partition coefficient (Wildman–Crippen LogP) is 3.01. The summed E-state index contributed by atoms with van der Waals surface area (Å²) in [7, 11) is 0. The molecule has 0 saturated carbocycles. The Bertz CT molecular complexity index is 681. The number of anilines is 1. The molecule has 0 aliphatic carbocycles. The topological polar surface area (TPSA) is 71.4 Å². The van der Waals surface area contributed by atoms with Gasteiger partial charge in [0.25, 0.3) is 0 Å².